The molecule has 0 N–H and O–H groups in total. The van der Waals surface area contributed by atoms with Crippen LogP contribution in [0.4, 0.5) is 0 Å². The van der Waals surface area contributed by atoms with Crippen LogP contribution in [0.1, 0.15) is 274 Å². The van der Waals surface area contributed by atoms with E-state index in [9.17, 15) is 0 Å². The zero-order chi connectivity index (χ0) is 90.3. The highest BCUT2D eigenvalue weighted by molar-refractivity contribution is 5.99. The molecule has 0 spiro atoms. The van der Waals surface area contributed by atoms with Gasteiger partial charge in [0, 0.05) is 88.9 Å². The average Bonchev–Trinajstić information content (AvgIpc) is 0.796. The van der Waals surface area contributed by atoms with Crippen molar-refractivity contribution in [3.05, 3.63) is 274 Å². The van der Waals surface area contributed by atoms with Gasteiger partial charge in [-0.05, 0) is 573 Å². The van der Waals surface area contributed by atoms with E-state index in [-0.39, 0.29) is 0 Å². The molecule has 0 amide bonds. The van der Waals surface area contributed by atoms with Crippen LogP contribution in [0.3, 0.4) is 0 Å². The molecule has 7 nitrogen and oxygen atoms in total. The molecule has 14 aromatic rings. The molecule has 7 aromatic heterocycles. The molecule has 0 bridgehead atoms. The van der Waals surface area contributed by atoms with Crippen LogP contribution < -0.4 is 0 Å². The lowest BCUT2D eigenvalue weighted by Gasteiger charge is -2.18. The van der Waals surface area contributed by atoms with Gasteiger partial charge in [-0.2, -0.15) is 0 Å². The summed E-state index contributed by atoms with van der Waals surface area (Å²) in [5, 5.41) is 12.3. The first-order valence-electron chi connectivity index (χ1n) is 43.4. The molecule has 0 atom stereocenters. The predicted molar refractivity (Wildman–Crippen MR) is 524 cm³/mol. The van der Waals surface area contributed by atoms with Gasteiger partial charge in [0.1, 0.15) is 0 Å². The van der Waals surface area contributed by atoms with Crippen molar-refractivity contribution in [3.63, 3.8) is 0 Å². The SMILES string of the molecule is Cc1nc(C)c2c(C)c(C)c(C)c(C)c2c1C.Cc1nc(C)c2c(C)c(C)c(C)c(C)c2c1C.Cc1nc2c(C)c(C)c(C)c(C)c2c(C)c1C.Cc1nc2c(C)c(C)c(C)c(C)c2c(C)c1C.Cc1nc2c(C)c(C)c(C)c(C)c2c(C)c1C.Cc1nc2c(C)c(C)c(C)c(C)c2c(C)c1C.Cc1nc2c(C)c(C)c(C)c(C)c2c(C)c1C. The molecule has 0 aliphatic rings. The third-order valence-corrected chi connectivity index (χ3v) is 30.7. The van der Waals surface area contributed by atoms with E-state index in [1.54, 1.807) is 0 Å². The Morgan fingerprint density at radius 2 is 0.185 bits per heavy atom. The van der Waals surface area contributed by atoms with Gasteiger partial charge in [0.2, 0.25) is 0 Å². The van der Waals surface area contributed by atoms with Gasteiger partial charge in [-0.15, -0.1) is 0 Å². The van der Waals surface area contributed by atoms with E-state index in [4.69, 9.17) is 24.9 Å². The summed E-state index contributed by atoms with van der Waals surface area (Å²) in [7, 11) is 0. The van der Waals surface area contributed by atoms with Gasteiger partial charge in [-0.25, -0.2) is 0 Å². The highest BCUT2D eigenvalue weighted by atomic mass is 14.7. The van der Waals surface area contributed by atoms with Crippen molar-refractivity contribution in [1.82, 2.24) is 34.9 Å². The second kappa shape index (κ2) is 36.0. The average molecular weight is 1590 g/mol. The normalized spacial score (nSPS) is 11.2. The number of benzene rings is 7. The van der Waals surface area contributed by atoms with E-state index in [2.05, 4.69) is 349 Å². The van der Waals surface area contributed by atoms with Crippen molar-refractivity contribution in [1.29, 1.82) is 0 Å². The standard InChI is InChI=1S/7C16H21N/c5*1-8-9(2)13(6)16-15(11(8)4)12(5)10(3)14(7)17-16;2*1-8-9(2)11(4)16-14(7)17-13(6)12(5)15(16)10(8)3/h7*1-7H3. The lowest BCUT2D eigenvalue weighted by molar-refractivity contribution is 1.10. The third kappa shape index (κ3) is 16.8. The number of hydrogen-bond donors (Lipinski definition) is 0. The minimum absolute atomic E-state index is 1.15. The van der Waals surface area contributed by atoms with Crippen molar-refractivity contribution in [2.24, 2.45) is 0 Å². The molecular weight excluding hydrogens is 1440 g/mol. The molecule has 0 unspecified atom stereocenters. The molecule has 0 fully saturated rings. The maximum atomic E-state index is 4.80. The summed E-state index contributed by atoms with van der Waals surface area (Å²) in [6, 6.07) is 0. The summed E-state index contributed by atoms with van der Waals surface area (Å²) >= 11 is 0. The highest BCUT2D eigenvalue weighted by Gasteiger charge is 2.23. The van der Waals surface area contributed by atoms with E-state index >= 15 is 0 Å². The van der Waals surface area contributed by atoms with E-state index in [0.717, 1.165) is 51.2 Å². The summed E-state index contributed by atoms with van der Waals surface area (Å²) in [4.78, 5) is 33.3. The van der Waals surface area contributed by atoms with Crippen LogP contribution in [0.15, 0.2) is 0 Å². The monoisotopic (exact) mass is 1590 g/mol. The molecule has 0 saturated heterocycles. The Labute approximate surface area is 719 Å². The minimum atomic E-state index is 1.15. The second-order valence-corrected chi connectivity index (χ2v) is 36.2. The Morgan fingerprint density at radius 3 is 0.336 bits per heavy atom. The zero-order valence-corrected chi connectivity index (χ0v) is 83.6. The molecule has 0 aliphatic carbocycles. The largest absolute Gasteiger partial charge is 0.258 e. The zero-order valence-electron chi connectivity index (χ0n) is 83.6. The lowest BCUT2D eigenvalue weighted by Crippen LogP contribution is -2.01. The first-order chi connectivity index (χ1) is 55.0. The van der Waals surface area contributed by atoms with Gasteiger partial charge in [0.15, 0.2) is 0 Å². The molecule has 7 heterocycles. The van der Waals surface area contributed by atoms with Crippen molar-refractivity contribution in [2.45, 2.75) is 339 Å². The number of fused-ring (bicyclic) bond motifs is 7. The Bertz CT molecular complexity index is 5720. The quantitative estimate of drug-likeness (QED) is 0.149. The fourth-order valence-electron chi connectivity index (χ4n) is 18.6. The Hall–Kier alpha value is -9.59. The van der Waals surface area contributed by atoms with Crippen LogP contribution in [-0.4, -0.2) is 34.9 Å². The maximum absolute atomic E-state index is 4.80. The van der Waals surface area contributed by atoms with E-state index in [1.165, 1.54) is 299 Å². The Balaban J connectivity index is 0.000000173. The van der Waals surface area contributed by atoms with Crippen LogP contribution in [0.5, 0.6) is 0 Å². The maximum Gasteiger partial charge on any atom is 0.0742 e. The second-order valence-electron chi connectivity index (χ2n) is 36.2. The predicted octanol–water partition coefficient (Wildman–Crippen LogP) is 30.8. The Morgan fingerprint density at radius 1 is 0.0756 bits per heavy atom. The molecule has 0 aliphatic heterocycles. The summed E-state index contributed by atoms with van der Waals surface area (Å²) in [6.07, 6.45) is 0. The van der Waals surface area contributed by atoms with Gasteiger partial charge < -0.3 is 0 Å². The molecular formula is C112H147N7. The molecule has 14 rings (SSSR count). The van der Waals surface area contributed by atoms with Gasteiger partial charge >= 0.3 is 0 Å². The number of rotatable bonds is 0. The topological polar surface area (TPSA) is 90.2 Å². The molecule has 0 saturated carbocycles. The summed E-state index contributed by atoms with van der Waals surface area (Å²) in [5.74, 6) is 0. The third-order valence-electron chi connectivity index (χ3n) is 30.7. The number of aromatic nitrogens is 7. The van der Waals surface area contributed by atoms with E-state index in [1.807, 2.05) is 0 Å². The summed E-state index contributed by atoms with van der Waals surface area (Å²) < 4.78 is 0. The fraction of sp³-hybridized carbons (Fsp3) is 0.438. The molecule has 7 heteroatoms. The molecule has 630 valence electrons. The van der Waals surface area contributed by atoms with Gasteiger partial charge in [-0.3, -0.25) is 34.9 Å². The summed E-state index contributed by atoms with van der Waals surface area (Å²) in [6.45, 7) is 107. The molecule has 119 heavy (non-hydrogen) atoms. The van der Waals surface area contributed by atoms with Crippen LogP contribution >= 0.6 is 0 Å². The van der Waals surface area contributed by atoms with Gasteiger partial charge in [-0.1, -0.05) is 0 Å². The minimum Gasteiger partial charge on any atom is -0.258 e. The molecule has 7 aromatic carbocycles. The van der Waals surface area contributed by atoms with E-state index < -0.39 is 0 Å². The highest BCUT2D eigenvalue weighted by Crippen LogP contribution is 2.41. The van der Waals surface area contributed by atoms with Crippen molar-refractivity contribution in [3.8, 4) is 0 Å². The van der Waals surface area contributed by atoms with Crippen LogP contribution in [0, 0.1) is 339 Å². The van der Waals surface area contributed by atoms with Gasteiger partial charge in [0.25, 0.3) is 0 Å². The first kappa shape index (κ1) is 94.9. The molecule has 0 radical (unpaired) electrons. The van der Waals surface area contributed by atoms with Crippen molar-refractivity contribution < 1.29 is 0 Å². The Kier molecular flexibility index (Phi) is 28.7. The van der Waals surface area contributed by atoms with Crippen molar-refractivity contribution >= 4 is 76.1 Å². The lowest BCUT2D eigenvalue weighted by atomic mass is 9.89. The summed E-state index contributed by atoms with van der Waals surface area (Å²) in [5.41, 5.74) is 71.3. The van der Waals surface area contributed by atoms with Crippen LogP contribution in [-0.2, 0) is 0 Å². The number of pyridine rings is 7. The number of aryl methyl sites for hydroxylation is 30. The number of nitrogens with zero attached hydrogens (tertiary/aromatic N) is 7. The smallest absolute Gasteiger partial charge is 0.0742 e. The van der Waals surface area contributed by atoms with Crippen LogP contribution in [0.2, 0.25) is 0 Å². The first-order valence-corrected chi connectivity index (χ1v) is 43.4. The van der Waals surface area contributed by atoms with Crippen LogP contribution in [0.25, 0.3) is 76.1 Å². The van der Waals surface area contributed by atoms with Crippen molar-refractivity contribution in [2.75, 3.05) is 0 Å². The van der Waals surface area contributed by atoms with E-state index in [0.29, 0.717) is 0 Å². The van der Waals surface area contributed by atoms with Gasteiger partial charge in [0.05, 0.1) is 27.6 Å². The fourth-order valence-corrected chi connectivity index (χ4v) is 18.6. The number of hydrogen-bond acceptors (Lipinski definition) is 7.